The number of ether oxygens (including phenoxy) is 1. The molecular weight excluding hydrogens is 388 g/mol. The van der Waals surface area contributed by atoms with E-state index in [1.807, 2.05) is 0 Å². The monoisotopic (exact) mass is 406 g/mol. The van der Waals surface area contributed by atoms with Gasteiger partial charge in [-0.05, 0) is 44.5 Å². The molecular formula is C18H19ClN4O5. The SMILES string of the molecule is CC1(C)NC(=O)N(CCCC(=O)OCc2nc(-c3ccc(Cl)cc3)no2)C1=O. The molecule has 3 rings (SSSR count). The van der Waals surface area contributed by atoms with E-state index in [1.165, 1.54) is 0 Å². The highest BCUT2D eigenvalue weighted by atomic mass is 35.5. The summed E-state index contributed by atoms with van der Waals surface area (Å²) in [5.41, 5.74) is -0.195. The van der Waals surface area contributed by atoms with Crippen molar-refractivity contribution in [1.82, 2.24) is 20.4 Å². The first-order valence-corrected chi connectivity index (χ1v) is 9.02. The van der Waals surface area contributed by atoms with Gasteiger partial charge in [-0.1, -0.05) is 16.8 Å². The molecule has 1 aromatic heterocycles. The fourth-order valence-corrected chi connectivity index (χ4v) is 2.77. The van der Waals surface area contributed by atoms with Gasteiger partial charge in [-0.3, -0.25) is 14.5 Å². The number of hydrogen-bond acceptors (Lipinski definition) is 7. The van der Waals surface area contributed by atoms with Crippen molar-refractivity contribution in [1.29, 1.82) is 0 Å². The van der Waals surface area contributed by atoms with Crippen LogP contribution in [0.2, 0.25) is 5.02 Å². The predicted octanol–water partition coefficient (Wildman–Crippen LogP) is 2.54. The van der Waals surface area contributed by atoms with Crippen molar-refractivity contribution in [3.63, 3.8) is 0 Å². The molecule has 9 nitrogen and oxygen atoms in total. The van der Waals surface area contributed by atoms with Crippen molar-refractivity contribution in [3.05, 3.63) is 35.2 Å². The highest BCUT2D eigenvalue weighted by molar-refractivity contribution is 6.30. The van der Waals surface area contributed by atoms with Crippen LogP contribution < -0.4 is 5.32 Å². The normalized spacial score (nSPS) is 15.6. The van der Waals surface area contributed by atoms with E-state index in [0.29, 0.717) is 17.3 Å². The molecule has 10 heteroatoms. The minimum absolute atomic E-state index is 0.0513. The number of carbonyl (C=O) groups excluding carboxylic acids is 3. The summed E-state index contributed by atoms with van der Waals surface area (Å²) >= 11 is 5.84. The van der Waals surface area contributed by atoms with E-state index >= 15 is 0 Å². The lowest BCUT2D eigenvalue weighted by atomic mass is 10.1. The maximum absolute atomic E-state index is 12.1. The first-order valence-electron chi connectivity index (χ1n) is 8.64. The smallest absolute Gasteiger partial charge is 0.325 e. The van der Waals surface area contributed by atoms with Crippen molar-refractivity contribution in [2.45, 2.75) is 38.8 Å². The summed E-state index contributed by atoms with van der Waals surface area (Å²) in [6.45, 7) is 3.24. The molecule has 0 aliphatic carbocycles. The summed E-state index contributed by atoms with van der Waals surface area (Å²) in [6.07, 6.45) is 0.351. The Bertz CT molecular complexity index is 894. The van der Waals surface area contributed by atoms with Gasteiger partial charge in [0, 0.05) is 23.6 Å². The van der Waals surface area contributed by atoms with Gasteiger partial charge in [-0.15, -0.1) is 0 Å². The van der Waals surface area contributed by atoms with Gasteiger partial charge < -0.3 is 14.6 Å². The molecule has 148 valence electrons. The lowest BCUT2D eigenvalue weighted by molar-refractivity contribution is -0.146. The topological polar surface area (TPSA) is 115 Å². The van der Waals surface area contributed by atoms with Crippen LogP contribution in [0.1, 0.15) is 32.6 Å². The molecule has 1 N–H and O–H groups in total. The molecule has 1 aliphatic heterocycles. The highest BCUT2D eigenvalue weighted by Crippen LogP contribution is 2.19. The number of aromatic nitrogens is 2. The lowest BCUT2D eigenvalue weighted by Gasteiger charge is -2.15. The number of imide groups is 1. The number of esters is 1. The van der Waals surface area contributed by atoms with Crippen molar-refractivity contribution in [2.75, 3.05) is 6.54 Å². The number of carbonyl (C=O) groups is 3. The zero-order valence-corrected chi connectivity index (χ0v) is 16.2. The zero-order chi connectivity index (χ0) is 20.3. The number of nitrogens with one attached hydrogen (secondary N) is 1. The van der Waals surface area contributed by atoms with Gasteiger partial charge in [0.2, 0.25) is 5.82 Å². The number of rotatable bonds is 7. The number of amides is 3. The molecule has 0 radical (unpaired) electrons. The molecule has 0 saturated carbocycles. The third-order valence-electron chi connectivity index (χ3n) is 4.13. The minimum Gasteiger partial charge on any atom is -0.456 e. The summed E-state index contributed by atoms with van der Waals surface area (Å²) in [5.74, 6) is -0.276. The molecule has 2 aromatic rings. The molecule has 2 heterocycles. The zero-order valence-electron chi connectivity index (χ0n) is 15.4. The number of hydrogen-bond donors (Lipinski definition) is 1. The van der Waals surface area contributed by atoms with Gasteiger partial charge in [-0.25, -0.2) is 4.79 Å². The molecule has 1 saturated heterocycles. The van der Waals surface area contributed by atoms with Gasteiger partial charge in [0.25, 0.3) is 11.8 Å². The lowest BCUT2D eigenvalue weighted by Crippen LogP contribution is -2.40. The first kappa shape index (κ1) is 19.8. The van der Waals surface area contributed by atoms with Crippen molar-refractivity contribution < 1.29 is 23.6 Å². The molecule has 28 heavy (non-hydrogen) atoms. The molecule has 1 aliphatic rings. The van der Waals surface area contributed by atoms with Crippen LogP contribution in [-0.2, 0) is 20.9 Å². The Balaban J connectivity index is 1.43. The van der Waals surface area contributed by atoms with Gasteiger partial charge in [0.15, 0.2) is 6.61 Å². The predicted molar refractivity (Wildman–Crippen MR) is 98.1 cm³/mol. The van der Waals surface area contributed by atoms with Gasteiger partial charge in [0.05, 0.1) is 0 Å². The van der Waals surface area contributed by atoms with Crippen LogP contribution in [0.25, 0.3) is 11.4 Å². The first-order chi connectivity index (χ1) is 13.3. The molecule has 3 amide bonds. The molecule has 0 unspecified atom stereocenters. The number of benzene rings is 1. The number of nitrogens with zero attached hydrogens (tertiary/aromatic N) is 3. The van der Waals surface area contributed by atoms with E-state index < -0.39 is 17.5 Å². The van der Waals surface area contributed by atoms with E-state index in [-0.39, 0.29) is 31.4 Å². The van der Waals surface area contributed by atoms with Crippen LogP contribution in [0.4, 0.5) is 4.79 Å². The molecule has 1 fully saturated rings. The summed E-state index contributed by atoms with van der Waals surface area (Å²) in [6, 6.07) is 6.46. The quantitative estimate of drug-likeness (QED) is 0.555. The Labute approximate surface area is 166 Å². The third kappa shape index (κ3) is 4.48. The van der Waals surface area contributed by atoms with E-state index in [0.717, 1.165) is 10.5 Å². The van der Waals surface area contributed by atoms with Crippen LogP contribution >= 0.6 is 11.6 Å². The van der Waals surface area contributed by atoms with Crippen LogP contribution in [0, 0.1) is 0 Å². The molecule has 0 spiro atoms. The molecule has 0 atom stereocenters. The van der Waals surface area contributed by atoms with Crippen molar-refractivity contribution >= 4 is 29.5 Å². The summed E-state index contributed by atoms with van der Waals surface area (Å²) in [4.78, 5) is 40.9. The average Bonchev–Trinajstić information content (AvgIpc) is 3.18. The largest absolute Gasteiger partial charge is 0.456 e. The maximum Gasteiger partial charge on any atom is 0.325 e. The number of halogens is 1. The standard InChI is InChI=1S/C18H19ClN4O5/c1-18(2)16(25)23(17(26)21-18)9-3-4-14(24)27-10-13-20-15(22-28-13)11-5-7-12(19)8-6-11/h5-8H,3-4,9-10H2,1-2H3,(H,21,26). The van der Waals surface area contributed by atoms with Crippen molar-refractivity contribution in [3.8, 4) is 11.4 Å². The summed E-state index contributed by atoms with van der Waals surface area (Å²) < 4.78 is 10.2. The number of urea groups is 1. The third-order valence-corrected chi connectivity index (χ3v) is 4.39. The Morgan fingerprint density at radius 3 is 2.64 bits per heavy atom. The molecule has 1 aromatic carbocycles. The van der Waals surface area contributed by atoms with E-state index in [4.69, 9.17) is 20.9 Å². The van der Waals surface area contributed by atoms with Gasteiger partial charge >= 0.3 is 12.0 Å². The second-order valence-electron chi connectivity index (χ2n) is 6.79. The molecule has 0 bridgehead atoms. The van der Waals surface area contributed by atoms with Crippen LogP contribution in [-0.4, -0.2) is 45.0 Å². The van der Waals surface area contributed by atoms with E-state index in [9.17, 15) is 14.4 Å². The average molecular weight is 407 g/mol. The fraction of sp³-hybridized carbons (Fsp3) is 0.389. The van der Waals surface area contributed by atoms with Crippen LogP contribution in [0.15, 0.2) is 28.8 Å². The highest BCUT2D eigenvalue weighted by Gasteiger charge is 2.43. The van der Waals surface area contributed by atoms with Crippen LogP contribution in [0.5, 0.6) is 0 Å². The maximum atomic E-state index is 12.1. The van der Waals surface area contributed by atoms with Crippen molar-refractivity contribution in [2.24, 2.45) is 0 Å². The second kappa shape index (κ2) is 7.97. The van der Waals surface area contributed by atoms with Gasteiger partial charge in [0.1, 0.15) is 5.54 Å². The second-order valence-corrected chi connectivity index (χ2v) is 7.23. The van der Waals surface area contributed by atoms with Gasteiger partial charge in [-0.2, -0.15) is 4.98 Å². The Kier molecular flexibility index (Phi) is 5.64. The van der Waals surface area contributed by atoms with E-state index in [2.05, 4.69) is 15.5 Å². The Morgan fingerprint density at radius 1 is 1.29 bits per heavy atom. The minimum atomic E-state index is -0.919. The fourth-order valence-electron chi connectivity index (χ4n) is 2.65. The summed E-state index contributed by atoms with van der Waals surface area (Å²) in [5, 5.41) is 7.01. The van der Waals surface area contributed by atoms with E-state index in [1.54, 1.807) is 38.1 Å². The van der Waals surface area contributed by atoms with Crippen LogP contribution in [0.3, 0.4) is 0 Å². The summed E-state index contributed by atoms with van der Waals surface area (Å²) in [7, 11) is 0. The Hall–Kier alpha value is -2.94. The Morgan fingerprint density at radius 2 is 2.00 bits per heavy atom.